The van der Waals surface area contributed by atoms with Gasteiger partial charge in [-0.15, -0.1) is 0 Å². The zero-order chi connectivity index (χ0) is 15.5. The van der Waals surface area contributed by atoms with Crippen molar-refractivity contribution < 1.29 is 14.3 Å². The van der Waals surface area contributed by atoms with Crippen molar-refractivity contribution in [3.8, 4) is 0 Å². The Morgan fingerprint density at radius 3 is 2.67 bits per heavy atom. The highest BCUT2D eigenvalue weighted by molar-refractivity contribution is 14.1. The minimum atomic E-state index is -1.37. The maximum Gasteiger partial charge on any atom is 0.341 e. The number of hydrogen-bond acceptors (Lipinski definition) is 3. The molecule has 8 heteroatoms. The number of carboxylic acid groups (broad SMARTS) is 1. The number of aromatic nitrogens is 1. The fourth-order valence-corrected chi connectivity index (χ4v) is 3.15. The first-order valence-electron chi connectivity index (χ1n) is 6.08. The highest BCUT2D eigenvalue weighted by Crippen LogP contribution is 2.41. The Kier molecular flexibility index (Phi) is 3.36. The monoisotopic (exact) mass is 422 g/mol. The Balaban J connectivity index is 2.59. The van der Waals surface area contributed by atoms with E-state index in [1.807, 2.05) is 0 Å². The molecule has 1 saturated carbocycles. The quantitative estimate of drug-likeness (QED) is 0.443. The SMILES string of the molecule is Nc1c(F)c(I)c(Cl)c2c1c(=O)c(C(=O)O)cn2C1CC1. The van der Waals surface area contributed by atoms with Gasteiger partial charge in [0.25, 0.3) is 0 Å². The zero-order valence-electron chi connectivity index (χ0n) is 10.5. The third-order valence-corrected chi connectivity index (χ3v) is 5.20. The number of nitrogen functional groups attached to an aromatic ring is 1. The van der Waals surface area contributed by atoms with Gasteiger partial charge in [-0.1, -0.05) is 11.6 Å². The van der Waals surface area contributed by atoms with E-state index in [1.165, 1.54) is 6.20 Å². The molecule has 0 atom stereocenters. The lowest BCUT2D eigenvalue weighted by Gasteiger charge is -2.16. The number of benzene rings is 1. The zero-order valence-corrected chi connectivity index (χ0v) is 13.4. The highest BCUT2D eigenvalue weighted by atomic mass is 127. The molecule has 0 bridgehead atoms. The van der Waals surface area contributed by atoms with Crippen LogP contribution < -0.4 is 11.2 Å². The number of hydrogen-bond donors (Lipinski definition) is 2. The van der Waals surface area contributed by atoms with Gasteiger partial charge in [-0.2, -0.15) is 0 Å². The Hall–Kier alpha value is -1.35. The second-order valence-corrected chi connectivity index (χ2v) is 6.35. The van der Waals surface area contributed by atoms with Gasteiger partial charge in [-0.3, -0.25) is 4.79 Å². The van der Waals surface area contributed by atoms with Crippen molar-refractivity contribution in [1.82, 2.24) is 4.57 Å². The van der Waals surface area contributed by atoms with Gasteiger partial charge in [-0.05, 0) is 35.4 Å². The van der Waals surface area contributed by atoms with Gasteiger partial charge in [0.15, 0.2) is 5.82 Å². The molecule has 1 aliphatic rings. The van der Waals surface area contributed by atoms with E-state index in [1.54, 1.807) is 27.2 Å². The van der Waals surface area contributed by atoms with Crippen LogP contribution in [0.15, 0.2) is 11.0 Å². The topological polar surface area (TPSA) is 85.3 Å². The van der Waals surface area contributed by atoms with Gasteiger partial charge < -0.3 is 15.4 Å². The van der Waals surface area contributed by atoms with E-state index in [0.29, 0.717) is 5.52 Å². The van der Waals surface area contributed by atoms with E-state index in [2.05, 4.69) is 0 Å². The lowest BCUT2D eigenvalue weighted by molar-refractivity contribution is 0.0695. The number of halogens is 3. The molecule has 110 valence electrons. The number of fused-ring (bicyclic) bond motifs is 1. The third-order valence-electron chi connectivity index (χ3n) is 3.50. The average Bonchev–Trinajstić information content (AvgIpc) is 3.26. The van der Waals surface area contributed by atoms with Crippen LogP contribution in [0, 0.1) is 9.39 Å². The van der Waals surface area contributed by atoms with Crippen molar-refractivity contribution in [3.05, 3.63) is 36.4 Å². The summed E-state index contributed by atoms with van der Waals surface area (Å²) in [7, 11) is 0. The smallest absolute Gasteiger partial charge is 0.341 e. The van der Waals surface area contributed by atoms with Crippen LogP contribution in [0.2, 0.25) is 5.02 Å². The Bertz CT molecular complexity index is 861. The number of aromatic carboxylic acids is 1. The lowest BCUT2D eigenvalue weighted by atomic mass is 10.1. The van der Waals surface area contributed by atoms with E-state index in [-0.39, 0.29) is 25.7 Å². The van der Waals surface area contributed by atoms with Gasteiger partial charge in [-0.25, -0.2) is 9.18 Å². The van der Waals surface area contributed by atoms with E-state index < -0.39 is 22.8 Å². The fraction of sp³-hybridized carbons (Fsp3) is 0.231. The van der Waals surface area contributed by atoms with Crippen molar-refractivity contribution in [2.45, 2.75) is 18.9 Å². The molecular formula is C13H9ClFIN2O3. The summed E-state index contributed by atoms with van der Waals surface area (Å²) in [4.78, 5) is 23.5. The van der Waals surface area contributed by atoms with E-state index in [9.17, 15) is 14.0 Å². The lowest BCUT2D eigenvalue weighted by Crippen LogP contribution is -2.21. The summed E-state index contributed by atoms with van der Waals surface area (Å²) in [5.74, 6) is -2.17. The molecule has 0 saturated heterocycles. The van der Waals surface area contributed by atoms with Crippen molar-refractivity contribution in [2.75, 3.05) is 5.73 Å². The first-order chi connectivity index (χ1) is 9.84. The standard InChI is InChI=1S/C13H9ClFIN2O3/c14-7-9(16)8(15)10(17)6-11(7)18(4-1-2-4)3-5(12(6)19)13(20)21/h3-4H,1-2,17H2,(H,20,21). The number of nitrogens with zero attached hydrogens (tertiary/aromatic N) is 1. The molecule has 5 nitrogen and oxygen atoms in total. The molecule has 2 aromatic rings. The van der Waals surface area contributed by atoms with Crippen LogP contribution in [0.5, 0.6) is 0 Å². The summed E-state index contributed by atoms with van der Waals surface area (Å²) in [5, 5.41) is 9.07. The van der Waals surface area contributed by atoms with Crippen LogP contribution in [0.1, 0.15) is 29.2 Å². The van der Waals surface area contributed by atoms with Crippen molar-refractivity contribution in [2.24, 2.45) is 0 Å². The Morgan fingerprint density at radius 2 is 2.14 bits per heavy atom. The summed E-state index contributed by atoms with van der Waals surface area (Å²) >= 11 is 7.89. The van der Waals surface area contributed by atoms with E-state index in [4.69, 9.17) is 22.4 Å². The van der Waals surface area contributed by atoms with Gasteiger partial charge in [0.2, 0.25) is 5.43 Å². The van der Waals surface area contributed by atoms with Crippen LogP contribution in [-0.2, 0) is 0 Å². The largest absolute Gasteiger partial charge is 0.477 e. The minimum Gasteiger partial charge on any atom is -0.477 e. The van der Waals surface area contributed by atoms with Gasteiger partial charge in [0, 0.05) is 12.2 Å². The third kappa shape index (κ3) is 2.10. The van der Waals surface area contributed by atoms with Crippen LogP contribution in [0.4, 0.5) is 10.1 Å². The number of carbonyl (C=O) groups is 1. The van der Waals surface area contributed by atoms with Gasteiger partial charge in [0.05, 0.1) is 25.2 Å². The van der Waals surface area contributed by atoms with Crippen molar-refractivity contribution >= 4 is 56.8 Å². The summed E-state index contributed by atoms with van der Waals surface area (Å²) in [6, 6.07) is 0.0596. The van der Waals surface area contributed by atoms with Gasteiger partial charge in [0.1, 0.15) is 5.56 Å². The number of carboxylic acids is 1. The maximum atomic E-state index is 14.1. The molecule has 1 aliphatic carbocycles. The molecule has 0 radical (unpaired) electrons. The van der Waals surface area contributed by atoms with Crippen molar-refractivity contribution in [3.63, 3.8) is 0 Å². The summed E-state index contributed by atoms with van der Waals surface area (Å²) in [5.41, 5.74) is 4.40. The van der Waals surface area contributed by atoms with E-state index in [0.717, 1.165) is 12.8 Å². The predicted molar refractivity (Wildman–Crippen MR) is 85.5 cm³/mol. The molecule has 0 amide bonds. The molecule has 0 spiro atoms. The summed E-state index contributed by atoms with van der Waals surface area (Å²) in [6.07, 6.45) is 2.96. The molecule has 1 fully saturated rings. The van der Waals surface area contributed by atoms with Crippen LogP contribution >= 0.6 is 34.2 Å². The average molecular weight is 423 g/mol. The first-order valence-corrected chi connectivity index (χ1v) is 7.54. The second-order valence-electron chi connectivity index (χ2n) is 4.89. The Labute approximate surface area is 136 Å². The number of anilines is 1. The maximum absolute atomic E-state index is 14.1. The minimum absolute atomic E-state index is 0.0596. The molecule has 3 rings (SSSR count). The summed E-state index contributed by atoms with van der Waals surface area (Å²) < 4.78 is 15.8. The molecule has 0 unspecified atom stereocenters. The normalized spacial score (nSPS) is 14.6. The number of pyridine rings is 1. The number of rotatable bonds is 2. The fourth-order valence-electron chi connectivity index (χ4n) is 2.33. The first kappa shape index (κ1) is 14.6. The highest BCUT2D eigenvalue weighted by Gasteiger charge is 2.30. The summed E-state index contributed by atoms with van der Waals surface area (Å²) in [6.45, 7) is 0. The second kappa shape index (κ2) is 4.84. The van der Waals surface area contributed by atoms with Crippen molar-refractivity contribution in [1.29, 1.82) is 0 Å². The molecule has 1 aromatic heterocycles. The predicted octanol–water partition coefficient (Wildman–Crippen LogP) is 3.01. The molecule has 21 heavy (non-hydrogen) atoms. The molecule has 1 heterocycles. The molecular weight excluding hydrogens is 414 g/mol. The van der Waals surface area contributed by atoms with Gasteiger partial charge >= 0.3 is 5.97 Å². The number of nitrogens with two attached hydrogens (primary N) is 1. The van der Waals surface area contributed by atoms with Crippen LogP contribution in [0.3, 0.4) is 0 Å². The molecule has 1 aromatic carbocycles. The van der Waals surface area contributed by atoms with Crippen LogP contribution in [0.25, 0.3) is 10.9 Å². The Morgan fingerprint density at radius 1 is 1.52 bits per heavy atom. The molecule has 0 aliphatic heterocycles. The van der Waals surface area contributed by atoms with Crippen LogP contribution in [-0.4, -0.2) is 15.6 Å². The molecule has 3 N–H and O–H groups in total. The van der Waals surface area contributed by atoms with E-state index >= 15 is 0 Å².